The van der Waals surface area contributed by atoms with Crippen molar-refractivity contribution in [1.29, 1.82) is 0 Å². The van der Waals surface area contributed by atoms with Crippen LogP contribution >= 0.6 is 0 Å². The summed E-state index contributed by atoms with van der Waals surface area (Å²) < 4.78 is 40.8. The summed E-state index contributed by atoms with van der Waals surface area (Å²) in [4.78, 5) is 0. The van der Waals surface area contributed by atoms with Gasteiger partial charge in [0.05, 0.1) is 6.10 Å². The van der Waals surface area contributed by atoms with Gasteiger partial charge in [-0.15, -0.1) is 13.2 Å². The van der Waals surface area contributed by atoms with E-state index in [4.69, 9.17) is 0 Å². The van der Waals surface area contributed by atoms with E-state index in [0.29, 0.717) is 6.42 Å². The molecule has 1 fully saturated rings. The predicted molar refractivity (Wildman–Crippen MR) is 52.4 cm³/mol. The number of rotatable bonds is 1. The average Bonchev–Trinajstić information content (AvgIpc) is 2.04. The highest BCUT2D eigenvalue weighted by Crippen LogP contribution is 2.38. The number of hydrogen-bond donors (Lipinski definition) is 0. The van der Waals surface area contributed by atoms with Gasteiger partial charge in [-0.25, -0.2) is 0 Å². The summed E-state index contributed by atoms with van der Waals surface area (Å²) in [6.07, 6.45) is 0.143. The first-order chi connectivity index (χ1) is 6.81. The molecule has 15 heavy (non-hydrogen) atoms. The molecule has 1 rings (SSSR count). The quantitative estimate of drug-likeness (QED) is 0.646. The number of ether oxygens (including phenoxy) is 1. The normalized spacial score (nSPS) is 28.2. The smallest absolute Gasteiger partial charge is 0.288 e. The highest BCUT2D eigenvalue weighted by atomic mass is 19.4. The van der Waals surface area contributed by atoms with Gasteiger partial charge in [-0.3, -0.25) is 4.74 Å². The monoisotopic (exact) mass is 224 g/mol. The minimum absolute atomic E-state index is 0.365. The Kier molecular flexibility index (Phi) is 4.04. The van der Waals surface area contributed by atoms with Crippen molar-refractivity contribution in [3.8, 4) is 0 Å². The Bertz CT molecular complexity index is 198. The zero-order valence-corrected chi connectivity index (χ0v) is 9.36. The van der Waals surface area contributed by atoms with Crippen molar-refractivity contribution in [2.24, 2.45) is 5.41 Å². The summed E-state index contributed by atoms with van der Waals surface area (Å²) in [6.45, 7) is 3.74. The molecule has 0 spiro atoms. The fraction of sp³-hybridized carbons (Fsp3) is 1.00. The molecule has 1 unspecified atom stereocenters. The van der Waals surface area contributed by atoms with Gasteiger partial charge in [0.2, 0.25) is 0 Å². The number of hydrogen-bond acceptors (Lipinski definition) is 1. The van der Waals surface area contributed by atoms with E-state index in [2.05, 4.69) is 4.74 Å². The lowest BCUT2D eigenvalue weighted by Crippen LogP contribution is -2.37. The molecule has 0 aromatic heterocycles. The molecular weight excluding hydrogens is 205 g/mol. The van der Waals surface area contributed by atoms with Gasteiger partial charge < -0.3 is 0 Å². The maximum atomic E-state index is 12.2. The van der Waals surface area contributed by atoms with Crippen LogP contribution in [0.4, 0.5) is 13.2 Å². The van der Waals surface area contributed by atoms with Crippen LogP contribution in [-0.2, 0) is 4.74 Å². The van der Waals surface area contributed by atoms with Crippen molar-refractivity contribution in [3.05, 3.63) is 0 Å². The van der Waals surface area contributed by atoms with Crippen LogP contribution in [0.1, 0.15) is 52.4 Å². The topological polar surface area (TPSA) is 9.23 Å². The van der Waals surface area contributed by atoms with Crippen molar-refractivity contribution in [2.45, 2.75) is 64.8 Å². The van der Waals surface area contributed by atoms with E-state index < -0.39 is 12.5 Å². The Morgan fingerprint density at radius 1 is 1.07 bits per heavy atom. The largest absolute Gasteiger partial charge is 0.522 e. The molecule has 0 amide bonds. The van der Waals surface area contributed by atoms with Crippen LogP contribution in [0.5, 0.6) is 0 Å². The molecule has 0 N–H and O–H groups in total. The van der Waals surface area contributed by atoms with Crippen LogP contribution in [0.15, 0.2) is 0 Å². The Morgan fingerprint density at radius 3 is 2.27 bits per heavy atom. The van der Waals surface area contributed by atoms with Gasteiger partial charge in [-0.05, 0) is 18.3 Å². The third-order valence-electron chi connectivity index (χ3n) is 3.18. The van der Waals surface area contributed by atoms with E-state index >= 15 is 0 Å². The lowest BCUT2D eigenvalue weighted by atomic mass is 9.77. The number of alkyl halides is 3. The molecule has 0 heterocycles. The molecule has 0 saturated heterocycles. The van der Waals surface area contributed by atoms with Gasteiger partial charge in [-0.2, -0.15) is 0 Å². The van der Waals surface area contributed by atoms with Crippen LogP contribution < -0.4 is 0 Å². The van der Waals surface area contributed by atoms with Gasteiger partial charge in [0.15, 0.2) is 0 Å². The highest BCUT2D eigenvalue weighted by Gasteiger charge is 2.40. The molecule has 1 saturated carbocycles. The standard InChI is InChI=1S/C11H19F3O/c1-10(2)8-6-4-3-5-7-9(10)15-11(12,13)14/h9H,3-8H2,1-2H3. The van der Waals surface area contributed by atoms with Crippen molar-refractivity contribution >= 4 is 0 Å². The molecule has 0 radical (unpaired) electrons. The Morgan fingerprint density at radius 2 is 1.67 bits per heavy atom. The summed E-state index contributed by atoms with van der Waals surface area (Å²) in [5.74, 6) is 0. The van der Waals surface area contributed by atoms with Crippen LogP contribution in [0.25, 0.3) is 0 Å². The van der Waals surface area contributed by atoms with Crippen molar-refractivity contribution in [3.63, 3.8) is 0 Å². The van der Waals surface area contributed by atoms with Crippen LogP contribution in [0, 0.1) is 5.41 Å². The second kappa shape index (κ2) is 4.73. The molecule has 1 atom stereocenters. The lowest BCUT2D eigenvalue weighted by molar-refractivity contribution is -0.355. The zero-order valence-electron chi connectivity index (χ0n) is 9.36. The third kappa shape index (κ3) is 4.41. The maximum Gasteiger partial charge on any atom is 0.522 e. The first kappa shape index (κ1) is 12.8. The van der Waals surface area contributed by atoms with E-state index in [0.717, 1.165) is 32.1 Å². The van der Waals surface area contributed by atoms with E-state index in [1.54, 1.807) is 0 Å². The molecule has 1 nitrogen and oxygen atoms in total. The second-order valence-electron chi connectivity index (χ2n) is 4.99. The second-order valence-corrected chi connectivity index (χ2v) is 4.99. The van der Waals surface area contributed by atoms with Crippen LogP contribution in [0.3, 0.4) is 0 Å². The molecule has 1 aliphatic carbocycles. The van der Waals surface area contributed by atoms with Crippen molar-refractivity contribution < 1.29 is 17.9 Å². The molecule has 0 aromatic rings. The van der Waals surface area contributed by atoms with Gasteiger partial charge in [0.25, 0.3) is 0 Å². The number of halogens is 3. The molecule has 0 aliphatic heterocycles. The van der Waals surface area contributed by atoms with Gasteiger partial charge >= 0.3 is 6.36 Å². The Balaban J connectivity index is 2.63. The van der Waals surface area contributed by atoms with Crippen molar-refractivity contribution in [2.75, 3.05) is 0 Å². The first-order valence-corrected chi connectivity index (χ1v) is 5.56. The van der Waals surface area contributed by atoms with E-state index in [9.17, 15) is 13.2 Å². The molecule has 4 heteroatoms. The van der Waals surface area contributed by atoms with E-state index in [-0.39, 0.29) is 5.41 Å². The molecule has 0 bridgehead atoms. The van der Waals surface area contributed by atoms with Crippen molar-refractivity contribution in [1.82, 2.24) is 0 Å². The minimum Gasteiger partial charge on any atom is -0.288 e. The van der Waals surface area contributed by atoms with Gasteiger partial charge in [0, 0.05) is 0 Å². The fourth-order valence-corrected chi connectivity index (χ4v) is 2.20. The third-order valence-corrected chi connectivity index (χ3v) is 3.18. The summed E-state index contributed by atoms with van der Waals surface area (Å²) in [5.41, 5.74) is -0.365. The predicted octanol–water partition coefficient (Wildman–Crippen LogP) is 4.27. The van der Waals surface area contributed by atoms with Gasteiger partial charge in [-0.1, -0.05) is 39.5 Å². The average molecular weight is 224 g/mol. The molecule has 1 aliphatic rings. The first-order valence-electron chi connectivity index (χ1n) is 5.56. The highest BCUT2D eigenvalue weighted by molar-refractivity contribution is 4.81. The fourth-order valence-electron chi connectivity index (χ4n) is 2.20. The summed E-state index contributed by atoms with van der Waals surface area (Å²) >= 11 is 0. The lowest BCUT2D eigenvalue weighted by Gasteiger charge is -2.36. The van der Waals surface area contributed by atoms with E-state index in [1.165, 1.54) is 0 Å². The van der Waals surface area contributed by atoms with Crippen LogP contribution in [0.2, 0.25) is 0 Å². The molecule has 90 valence electrons. The molecular formula is C11H19F3O. The van der Waals surface area contributed by atoms with Crippen LogP contribution in [-0.4, -0.2) is 12.5 Å². The summed E-state index contributed by atoms with van der Waals surface area (Å²) in [6, 6.07) is 0. The Labute approximate surface area is 89.0 Å². The summed E-state index contributed by atoms with van der Waals surface area (Å²) in [7, 11) is 0. The van der Waals surface area contributed by atoms with Gasteiger partial charge in [0.1, 0.15) is 0 Å². The minimum atomic E-state index is -4.50. The summed E-state index contributed by atoms with van der Waals surface area (Å²) in [5, 5.41) is 0. The zero-order chi connectivity index (χ0) is 11.5. The maximum absolute atomic E-state index is 12.2. The van der Waals surface area contributed by atoms with E-state index in [1.807, 2.05) is 13.8 Å². The Hall–Kier alpha value is -0.250. The SMILES string of the molecule is CC1(C)CCCCCCC1OC(F)(F)F. The molecule has 0 aromatic carbocycles.